The smallest absolute Gasteiger partial charge is 0.272 e. The van der Waals surface area contributed by atoms with E-state index >= 15 is 0 Å². The SMILES string of the molecule is O=C(Nc1ccc(Cl)cc1Cl)c1ccnc(C(=O)N2CCOCC2)c1. The third-order valence-electron chi connectivity index (χ3n) is 3.72. The molecule has 1 aliphatic rings. The van der Waals surface area contributed by atoms with Crippen LogP contribution in [0.2, 0.25) is 10.0 Å². The first kappa shape index (κ1) is 17.7. The average molecular weight is 380 g/mol. The first-order chi connectivity index (χ1) is 12.0. The van der Waals surface area contributed by atoms with E-state index in [0.29, 0.717) is 47.6 Å². The number of carbonyl (C=O) groups excluding carboxylic acids is 2. The van der Waals surface area contributed by atoms with Gasteiger partial charge in [-0.15, -0.1) is 0 Å². The lowest BCUT2D eigenvalue weighted by Crippen LogP contribution is -2.41. The summed E-state index contributed by atoms with van der Waals surface area (Å²) in [5.74, 6) is -0.606. The number of rotatable bonds is 3. The predicted molar refractivity (Wildman–Crippen MR) is 95.4 cm³/mol. The topological polar surface area (TPSA) is 71.5 Å². The van der Waals surface area contributed by atoms with Gasteiger partial charge in [-0.2, -0.15) is 0 Å². The Balaban J connectivity index is 1.76. The third kappa shape index (κ3) is 4.28. The highest BCUT2D eigenvalue weighted by Gasteiger charge is 2.20. The molecule has 1 saturated heterocycles. The summed E-state index contributed by atoms with van der Waals surface area (Å²) < 4.78 is 5.23. The van der Waals surface area contributed by atoms with Crippen LogP contribution in [-0.2, 0) is 4.74 Å². The van der Waals surface area contributed by atoms with Gasteiger partial charge in [-0.1, -0.05) is 23.2 Å². The maximum Gasteiger partial charge on any atom is 0.272 e. The van der Waals surface area contributed by atoms with Gasteiger partial charge in [0, 0.05) is 29.9 Å². The van der Waals surface area contributed by atoms with E-state index in [2.05, 4.69) is 10.3 Å². The number of hydrogen-bond acceptors (Lipinski definition) is 4. The molecule has 1 aliphatic heterocycles. The molecule has 2 heterocycles. The molecule has 0 bridgehead atoms. The van der Waals surface area contributed by atoms with Crippen LogP contribution in [0.15, 0.2) is 36.5 Å². The minimum atomic E-state index is -0.386. The van der Waals surface area contributed by atoms with Crippen molar-refractivity contribution in [3.05, 3.63) is 57.8 Å². The molecule has 0 radical (unpaired) electrons. The summed E-state index contributed by atoms with van der Waals surface area (Å²) in [4.78, 5) is 30.6. The lowest BCUT2D eigenvalue weighted by atomic mass is 10.2. The number of nitrogens with zero attached hydrogens (tertiary/aromatic N) is 2. The van der Waals surface area contributed by atoms with Crippen LogP contribution < -0.4 is 5.32 Å². The average Bonchev–Trinajstić information content (AvgIpc) is 2.64. The van der Waals surface area contributed by atoms with Crippen molar-refractivity contribution >= 4 is 40.7 Å². The molecular formula is C17H15Cl2N3O3. The molecule has 2 aromatic rings. The van der Waals surface area contributed by atoms with E-state index in [9.17, 15) is 9.59 Å². The summed E-state index contributed by atoms with van der Waals surface area (Å²) in [5, 5.41) is 3.51. The lowest BCUT2D eigenvalue weighted by Gasteiger charge is -2.26. The van der Waals surface area contributed by atoms with Gasteiger partial charge in [0.1, 0.15) is 5.69 Å². The first-order valence-electron chi connectivity index (χ1n) is 7.64. The zero-order valence-electron chi connectivity index (χ0n) is 13.2. The van der Waals surface area contributed by atoms with Crippen LogP contribution in [0, 0.1) is 0 Å². The van der Waals surface area contributed by atoms with E-state index in [1.165, 1.54) is 18.3 Å². The number of halogens is 2. The zero-order chi connectivity index (χ0) is 17.8. The Labute approximate surface area is 154 Å². The normalized spacial score (nSPS) is 14.2. The highest BCUT2D eigenvalue weighted by atomic mass is 35.5. The molecule has 1 aromatic carbocycles. The van der Waals surface area contributed by atoms with Gasteiger partial charge in [-0.3, -0.25) is 14.6 Å². The van der Waals surface area contributed by atoms with Gasteiger partial charge < -0.3 is 15.0 Å². The number of benzene rings is 1. The maximum absolute atomic E-state index is 12.5. The van der Waals surface area contributed by atoms with Crippen molar-refractivity contribution in [1.82, 2.24) is 9.88 Å². The van der Waals surface area contributed by atoms with Crippen LogP contribution in [0.4, 0.5) is 5.69 Å². The second-order valence-corrected chi connectivity index (χ2v) is 6.26. The van der Waals surface area contributed by atoms with Crippen LogP contribution >= 0.6 is 23.2 Å². The number of ether oxygens (including phenoxy) is 1. The fraction of sp³-hybridized carbons (Fsp3) is 0.235. The lowest BCUT2D eigenvalue weighted by molar-refractivity contribution is 0.0299. The summed E-state index contributed by atoms with van der Waals surface area (Å²) in [6.45, 7) is 2.02. The molecular weight excluding hydrogens is 365 g/mol. The maximum atomic E-state index is 12.5. The first-order valence-corrected chi connectivity index (χ1v) is 8.39. The molecule has 25 heavy (non-hydrogen) atoms. The molecule has 8 heteroatoms. The molecule has 130 valence electrons. The molecule has 3 rings (SSSR count). The van der Waals surface area contributed by atoms with Gasteiger partial charge in [-0.25, -0.2) is 0 Å². The van der Waals surface area contributed by atoms with Crippen molar-refractivity contribution < 1.29 is 14.3 Å². The molecule has 6 nitrogen and oxygen atoms in total. The van der Waals surface area contributed by atoms with E-state index in [1.54, 1.807) is 23.1 Å². The van der Waals surface area contributed by atoms with Crippen LogP contribution in [0.1, 0.15) is 20.8 Å². The highest BCUT2D eigenvalue weighted by Crippen LogP contribution is 2.25. The standard InChI is InChI=1S/C17H15Cl2N3O3/c18-12-1-2-14(13(19)10-12)21-16(23)11-3-4-20-15(9-11)17(24)22-5-7-25-8-6-22/h1-4,9-10H,5-8H2,(H,21,23). The number of anilines is 1. The summed E-state index contributed by atoms with van der Waals surface area (Å²) in [6, 6.07) is 7.79. The Hall–Kier alpha value is -2.15. The predicted octanol–water partition coefficient (Wildman–Crippen LogP) is 3.11. The number of morpholine rings is 1. The second kappa shape index (κ2) is 7.82. The fourth-order valence-corrected chi connectivity index (χ4v) is 2.86. The van der Waals surface area contributed by atoms with E-state index in [0.717, 1.165) is 0 Å². The Bertz CT molecular complexity index is 807. The van der Waals surface area contributed by atoms with Crippen molar-refractivity contribution in [2.24, 2.45) is 0 Å². The number of nitrogens with one attached hydrogen (secondary N) is 1. The number of pyridine rings is 1. The van der Waals surface area contributed by atoms with Crippen molar-refractivity contribution in [3.63, 3.8) is 0 Å². The molecule has 0 atom stereocenters. The number of amides is 2. The van der Waals surface area contributed by atoms with Gasteiger partial charge in [0.25, 0.3) is 11.8 Å². The fourth-order valence-electron chi connectivity index (χ4n) is 2.40. The van der Waals surface area contributed by atoms with Crippen molar-refractivity contribution in [2.75, 3.05) is 31.6 Å². The van der Waals surface area contributed by atoms with Crippen LogP contribution in [0.5, 0.6) is 0 Å². The Kier molecular flexibility index (Phi) is 5.53. The molecule has 1 N–H and O–H groups in total. The second-order valence-electron chi connectivity index (χ2n) is 5.41. The van der Waals surface area contributed by atoms with E-state index in [-0.39, 0.29) is 17.5 Å². The van der Waals surface area contributed by atoms with Gasteiger partial charge in [0.05, 0.1) is 23.9 Å². The van der Waals surface area contributed by atoms with Gasteiger partial charge >= 0.3 is 0 Å². The van der Waals surface area contributed by atoms with Gasteiger partial charge in [0.2, 0.25) is 0 Å². The molecule has 0 unspecified atom stereocenters. The molecule has 1 aromatic heterocycles. The summed E-state index contributed by atoms with van der Waals surface area (Å²) in [5.41, 5.74) is 0.975. The van der Waals surface area contributed by atoms with Gasteiger partial charge in [0.15, 0.2) is 0 Å². The zero-order valence-corrected chi connectivity index (χ0v) is 14.7. The minimum absolute atomic E-state index is 0.219. The Morgan fingerprint density at radius 1 is 1.12 bits per heavy atom. The van der Waals surface area contributed by atoms with E-state index in [1.807, 2.05) is 0 Å². The summed E-state index contributed by atoms with van der Waals surface area (Å²) in [6.07, 6.45) is 1.44. The summed E-state index contributed by atoms with van der Waals surface area (Å²) >= 11 is 11.9. The molecule has 1 fully saturated rings. The monoisotopic (exact) mass is 379 g/mol. The summed E-state index contributed by atoms with van der Waals surface area (Å²) in [7, 11) is 0. The van der Waals surface area contributed by atoms with Gasteiger partial charge in [-0.05, 0) is 30.3 Å². The molecule has 0 spiro atoms. The quantitative estimate of drug-likeness (QED) is 0.888. The van der Waals surface area contributed by atoms with Crippen LogP contribution in [-0.4, -0.2) is 48.0 Å². The number of carbonyl (C=O) groups is 2. The Morgan fingerprint density at radius 3 is 2.60 bits per heavy atom. The van der Waals surface area contributed by atoms with E-state index in [4.69, 9.17) is 27.9 Å². The van der Waals surface area contributed by atoms with Crippen molar-refractivity contribution in [2.45, 2.75) is 0 Å². The molecule has 0 saturated carbocycles. The number of aromatic nitrogens is 1. The number of hydrogen-bond donors (Lipinski definition) is 1. The third-order valence-corrected chi connectivity index (χ3v) is 4.27. The van der Waals surface area contributed by atoms with Crippen LogP contribution in [0.3, 0.4) is 0 Å². The van der Waals surface area contributed by atoms with E-state index < -0.39 is 0 Å². The highest BCUT2D eigenvalue weighted by molar-refractivity contribution is 6.36. The largest absolute Gasteiger partial charge is 0.378 e. The van der Waals surface area contributed by atoms with Crippen LogP contribution in [0.25, 0.3) is 0 Å². The molecule has 2 amide bonds. The molecule has 0 aliphatic carbocycles. The van der Waals surface area contributed by atoms with Crippen molar-refractivity contribution in [3.8, 4) is 0 Å². The minimum Gasteiger partial charge on any atom is -0.378 e. The Morgan fingerprint density at radius 2 is 1.88 bits per heavy atom. The van der Waals surface area contributed by atoms with Crippen molar-refractivity contribution in [1.29, 1.82) is 0 Å².